The van der Waals surface area contributed by atoms with Gasteiger partial charge in [-0.1, -0.05) is 11.6 Å². The quantitative estimate of drug-likeness (QED) is 0.761. The van der Waals surface area contributed by atoms with E-state index < -0.39 is 0 Å². The van der Waals surface area contributed by atoms with Gasteiger partial charge < -0.3 is 5.11 Å². The maximum absolute atomic E-state index is 9.24. The van der Waals surface area contributed by atoms with Crippen LogP contribution < -0.4 is 0 Å². The zero-order chi connectivity index (χ0) is 9.42. The second-order valence-electron chi connectivity index (χ2n) is 2.81. The van der Waals surface area contributed by atoms with Gasteiger partial charge in [0, 0.05) is 11.9 Å². The van der Waals surface area contributed by atoms with Crippen LogP contribution >= 0.6 is 11.6 Å². The molecule has 0 radical (unpaired) electrons. The van der Waals surface area contributed by atoms with E-state index in [0.717, 1.165) is 17.4 Å². The van der Waals surface area contributed by atoms with E-state index in [9.17, 15) is 5.11 Å². The Balaban J connectivity index is 2.80. The number of halogens is 1. The van der Waals surface area contributed by atoms with Crippen molar-refractivity contribution in [3.63, 3.8) is 0 Å². The molecule has 1 N–H and O–H groups in total. The number of phenols is 1. The molecule has 13 heavy (non-hydrogen) atoms. The lowest BCUT2D eigenvalue weighted by Gasteiger charge is -1.97. The van der Waals surface area contributed by atoms with E-state index in [1.54, 1.807) is 16.8 Å². The van der Waals surface area contributed by atoms with Crippen LogP contribution in [0.2, 0.25) is 5.15 Å². The lowest BCUT2D eigenvalue weighted by atomic mass is 10.2. The lowest BCUT2D eigenvalue weighted by molar-refractivity contribution is 0.476. The normalized spacial score (nSPS) is 10.9. The average Bonchev–Trinajstić information content (AvgIpc) is 2.43. The molecule has 0 aliphatic carbocycles. The molecule has 0 fully saturated rings. The molecule has 3 nitrogen and oxygen atoms in total. The molecular weight excluding hydrogens is 188 g/mol. The van der Waals surface area contributed by atoms with Crippen LogP contribution in [-0.4, -0.2) is 14.9 Å². The Hall–Kier alpha value is -1.22. The second kappa shape index (κ2) is 2.92. The number of hydrogen-bond donors (Lipinski definition) is 1. The van der Waals surface area contributed by atoms with Gasteiger partial charge in [0.25, 0.3) is 0 Å². The standard InChI is InChI=1S/C9H9ClN2O/c1-2-12-8-4-3-6(13)5-7(8)9(10)11-12/h3-5,13H,2H2,1H3. The summed E-state index contributed by atoms with van der Waals surface area (Å²) in [7, 11) is 0. The van der Waals surface area contributed by atoms with Crippen LogP contribution in [0.5, 0.6) is 5.75 Å². The van der Waals surface area contributed by atoms with Crippen molar-refractivity contribution in [1.82, 2.24) is 9.78 Å². The minimum atomic E-state index is 0.213. The molecule has 4 heteroatoms. The van der Waals surface area contributed by atoms with Crippen molar-refractivity contribution < 1.29 is 5.11 Å². The largest absolute Gasteiger partial charge is 0.508 e. The SMILES string of the molecule is CCn1nc(Cl)c2cc(O)ccc21. The summed E-state index contributed by atoms with van der Waals surface area (Å²) in [6.07, 6.45) is 0. The van der Waals surface area contributed by atoms with Gasteiger partial charge in [-0.15, -0.1) is 0 Å². The number of aromatic nitrogens is 2. The highest BCUT2D eigenvalue weighted by atomic mass is 35.5. The van der Waals surface area contributed by atoms with Gasteiger partial charge in [-0.25, -0.2) is 0 Å². The molecule has 1 aromatic carbocycles. The van der Waals surface area contributed by atoms with Gasteiger partial charge in [0.1, 0.15) is 5.75 Å². The Kier molecular flexibility index (Phi) is 1.88. The van der Waals surface area contributed by atoms with Gasteiger partial charge in [0.15, 0.2) is 5.15 Å². The van der Waals surface area contributed by atoms with E-state index in [0.29, 0.717) is 5.15 Å². The molecule has 0 bridgehead atoms. The second-order valence-corrected chi connectivity index (χ2v) is 3.17. The van der Waals surface area contributed by atoms with Crippen LogP contribution in [0.4, 0.5) is 0 Å². The zero-order valence-corrected chi connectivity index (χ0v) is 7.91. The van der Waals surface area contributed by atoms with Crippen LogP contribution in [0.1, 0.15) is 6.92 Å². The number of nitrogens with zero attached hydrogens (tertiary/aromatic N) is 2. The van der Waals surface area contributed by atoms with Crippen LogP contribution in [-0.2, 0) is 6.54 Å². The van der Waals surface area contributed by atoms with E-state index in [4.69, 9.17) is 11.6 Å². The number of hydrogen-bond acceptors (Lipinski definition) is 2. The predicted octanol–water partition coefficient (Wildman–Crippen LogP) is 2.42. The summed E-state index contributed by atoms with van der Waals surface area (Å²) in [5.41, 5.74) is 0.949. The molecule has 0 amide bonds. The highest BCUT2D eigenvalue weighted by molar-refractivity contribution is 6.34. The summed E-state index contributed by atoms with van der Waals surface area (Å²) in [5, 5.41) is 14.6. The van der Waals surface area contributed by atoms with Crippen molar-refractivity contribution in [3.8, 4) is 5.75 Å². The van der Waals surface area contributed by atoms with Crippen molar-refractivity contribution in [2.75, 3.05) is 0 Å². The number of rotatable bonds is 1. The summed E-state index contributed by atoms with van der Waals surface area (Å²) in [6, 6.07) is 5.07. The number of phenolic OH excluding ortho intramolecular Hbond substituents is 1. The first-order valence-electron chi connectivity index (χ1n) is 4.07. The van der Waals surface area contributed by atoms with E-state index >= 15 is 0 Å². The Morgan fingerprint density at radius 3 is 3.00 bits per heavy atom. The molecule has 68 valence electrons. The van der Waals surface area contributed by atoms with E-state index in [2.05, 4.69) is 5.10 Å². The zero-order valence-electron chi connectivity index (χ0n) is 7.16. The minimum absolute atomic E-state index is 0.213. The first kappa shape index (κ1) is 8.38. The van der Waals surface area contributed by atoms with Gasteiger partial charge in [0.05, 0.1) is 5.52 Å². The molecule has 2 aromatic rings. The minimum Gasteiger partial charge on any atom is -0.508 e. The first-order valence-corrected chi connectivity index (χ1v) is 4.45. The number of aryl methyl sites for hydroxylation is 1. The molecule has 1 aromatic heterocycles. The first-order chi connectivity index (χ1) is 6.22. The molecule has 0 aliphatic heterocycles. The average molecular weight is 197 g/mol. The number of aromatic hydroxyl groups is 1. The Bertz CT molecular complexity index is 450. The topological polar surface area (TPSA) is 38.0 Å². The highest BCUT2D eigenvalue weighted by Gasteiger charge is 2.07. The Labute approximate surface area is 80.5 Å². The fourth-order valence-electron chi connectivity index (χ4n) is 1.37. The summed E-state index contributed by atoms with van der Waals surface area (Å²) in [5.74, 6) is 0.213. The Morgan fingerprint density at radius 2 is 2.31 bits per heavy atom. The summed E-state index contributed by atoms with van der Waals surface area (Å²) >= 11 is 5.89. The molecule has 0 aliphatic rings. The molecule has 0 saturated heterocycles. The third-order valence-corrected chi connectivity index (χ3v) is 2.27. The third-order valence-electron chi connectivity index (χ3n) is 1.99. The van der Waals surface area contributed by atoms with E-state index in [-0.39, 0.29) is 5.75 Å². The highest BCUT2D eigenvalue weighted by Crippen LogP contribution is 2.26. The van der Waals surface area contributed by atoms with Crippen molar-refractivity contribution >= 4 is 22.5 Å². The van der Waals surface area contributed by atoms with Crippen LogP contribution in [0, 0.1) is 0 Å². The molecule has 0 unspecified atom stereocenters. The van der Waals surface area contributed by atoms with Gasteiger partial charge in [-0.2, -0.15) is 5.10 Å². The number of benzene rings is 1. The van der Waals surface area contributed by atoms with E-state index in [1.165, 1.54) is 0 Å². The van der Waals surface area contributed by atoms with E-state index in [1.807, 2.05) is 13.0 Å². The molecular formula is C9H9ClN2O. The fraction of sp³-hybridized carbons (Fsp3) is 0.222. The van der Waals surface area contributed by atoms with Crippen LogP contribution in [0.25, 0.3) is 10.9 Å². The Morgan fingerprint density at radius 1 is 1.54 bits per heavy atom. The number of fused-ring (bicyclic) bond motifs is 1. The van der Waals surface area contributed by atoms with Gasteiger partial charge in [-0.05, 0) is 25.1 Å². The van der Waals surface area contributed by atoms with Gasteiger partial charge in [-0.3, -0.25) is 4.68 Å². The third kappa shape index (κ3) is 1.25. The molecule has 2 rings (SSSR count). The molecule has 1 heterocycles. The lowest BCUT2D eigenvalue weighted by Crippen LogP contribution is -1.94. The van der Waals surface area contributed by atoms with Crippen molar-refractivity contribution in [1.29, 1.82) is 0 Å². The van der Waals surface area contributed by atoms with Crippen molar-refractivity contribution in [3.05, 3.63) is 23.4 Å². The maximum Gasteiger partial charge on any atom is 0.159 e. The predicted molar refractivity (Wildman–Crippen MR) is 52.1 cm³/mol. The molecule has 0 spiro atoms. The monoisotopic (exact) mass is 196 g/mol. The smallest absolute Gasteiger partial charge is 0.159 e. The molecule has 0 atom stereocenters. The fourth-order valence-corrected chi connectivity index (χ4v) is 1.61. The van der Waals surface area contributed by atoms with Crippen molar-refractivity contribution in [2.24, 2.45) is 0 Å². The van der Waals surface area contributed by atoms with Crippen molar-refractivity contribution in [2.45, 2.75) is 13.5 Å². The summed E-state index contributed by atoms with van der Waals surface area (Å²) < 4.78 is 1.80. The maximum atomic E-state index is 9.24. The summed E-state index contributed by atoms with van der Waals surface area (Å²) in [6.45, 7) is 2.77. The van der Waals surface area contributed by atoms with Crippen LogP contribution in [0.3, 0.4) is 0 Å². The summed E-state index contributed by atoms with van der Waals surface area (Å²) in [4.78, 5) is 0. The van der Waals surface area contributed by atoms with Gasteiger partial charge in [0.2, 0.25) is 0 Å². The van der Waals surface area contributed by atoms with Crippen LogP contribution in [0.15, 0.2) is 18.2 Å². The molecule has 0 saturated carbocycles. The van der Waals surface area contributed by atoms with Gasteiger partial charge >= 0.3 is 0 Å².